The van der Waals surface area contributed by atoms with Crippen molar-refractivity contribution in [2.75, 3.05) is 18.9 Å². The Balaban J connectivity index is 1.57. The van der Waals surface area contributed by atoms with Crippen LogP contribution in [0.3, 0.4) is 0 Å². The maximum absolute atomic E-state index is 12.1. The molecular formula is C20H21BN5O2S. The topological polar surface area (TPSA) is 88.4 Å². The van der Waals surface area contributed by atoms with Gasteiger partial charge in [-0.05, 0) is 36.4 Å². The van der Waals surface area contributed by atoms with Crippen molar-refractivity contribution in [2.24, 2.45) is 4.99 Å². The van der Waals surface area contributed by atoms with Gasteiger partial charge in [0.05, 0.1) is 17.8 Å². The molecular weight excluding hydrogens is 385 g/mol. The average Bonchev–Trinajstić information content (AvgIpc) is 3.37. The molecule has 0 saturated heterocycles. The highest BCUT2D eigenvalue weighted by atomic mass is 32.1. The summed E-state index contributed by atoms with van der Waals surface area (Å²) >= 11 is 1.34. The summed E-state index contributed by atoms with van der Waals surface area (Å²) in [7, 11) is 3.57. The molecule has 2 heterocycles. The highest BCUT2D eigenvalue weighted by molar-refractivity contribution is 7.14. The highest BCUT2D eigenvalue weighted by Gasteiger charge is 2.12. The van der Waals surface area contributed by atoms with Crippen LogP contribution >= 0.6 is 11.3 Å². The zero-order chi connectivity index (χ0) is 20.8. The summed E-state index contributed by atoms with van der Waals surface area (Å²) in [5, 5.41) is 7.71. The van der Waals surface area contributed by atoms with Crippen molar-refractivity contribution in [3.8, 4) is 11.3 Å². The first-order valence-electron chi connectivity index (χ1n) is 9.04. The number of benzene rings is 1. The quantitative estimate of drug-likeness (QED) is 0.467. The molecule has 1 radical (unpaired) electrons. The van der Waals surface area contributed by atoms with E-state index in [2.05, 4.69) is 20.6 Å². The molecule has 0 atom stereocenters. The van der Waals surface area contributed by atoms with E-state index in [4.69, 9.17) is 0 Å². The summed E-state index contributed by atoms with van der Waals surface area (Å²) < 4.78 is 1.77. The first kappa shape index (κ1) is 20.5. The molecule has 0 aliphatic carbocycles. The molecule has 0 saturated carbocycles. The van der Waals surface area contributed by atoms with E-state index in [9.17, 15) is 9.59 Å². The molecule has 2 aromatic heterocycles. The monoisotopic (exact) mass is 406 g/mol. The number of anilines is 1. The van der Waals surface area contributed by atoms with Gasteiger partial charge in [0.1, 0.15) is 0 Å². The van der Waals surface area contributed by atoms with Crippen molar-refractivity contribution in [3.05, 3.63) is 58.7 Å². The first-order valence-corrected chi connectivity index (χ1v) is 9.92. The van der Waals surface area contributed by atoms with Gasteiger partial charge in [-0.15, -0.1) is 11.3 Å². The molecule has 1 aromatic carbocycles. The summed E-state index contributed by atoms with van der Waals surface area (Å²) in [5.41, 5.74) is 4.42. The molecule has 0 aliphatic heterocycles. The standard InChI is InChI=1S/C20H21BN5O2S/c1-13-8-14(4-5-15(13)9-22-3)17-12-29-20(24-17)25-18(27)10-23-19(28)16-6-7-26(11-16)21-2/h4-9,11-12H,10H2,1-3H3,(H,23,28)(H,24,25,27). The van der Waals surface area contributed by atoms with Crippen molar-refractivity contribution < 1.29 is 9.59 Å². The second-order valence-corrected chi connectivity index (χ2v) is 7.19. The van der Waals surface area contributed by atoms with Gasteiger partial charge >= 0.3 is 0 Å². The van der Waals surface area contributed by atoms with E-state index in [1.807, 2.05) is 51.0 Å². The van der Waals surface area contributed by atoms with E-state index in [1.54, 1.807) is 30.0 Å². The number of aromatic nitrogens is 2. The Morgan fingerprint density at radius 1 is 1.34 bits per heavy atom. The number of aliphatic imine (C=N–C) groups is 1. The van der Waals surface area contributed by atoms with Crippen molar-refractivity contribution in [2.45, 2.75) is 13.7 Å². The number of carbonyl (C=O) groups is 2. The second kappa shape index (κ2) is 9.33. The van der Waals surface area contributed by atoms with Crippen LogP contribution in [0, 0.1) is 6.92 Å². The number of hydrogen-bond donors (Lipinski definition) is 2. The Hall–Kier alpha value is -3.20. The third-order valence-corrected chi connectivity index (χ3v) is 5.03. The smallest absolute Gasteiger partial charge is 0.253 e. The fourth-order valence-corrected chi connectivity index (χ4v) is 3.45. The molecule has 147 valence electrons. The predicted molar refractivity (Wildman–Crippen MR) is 118 cm³/mol. The van der Waals surface area contributed by atoms with Crippen LogP contribution in [0.15, 0.2) is 47.0 Å². The molecule has 0 unspecified atom stereocenters. The van der Waals surface area contributed by atoms with Gasteiger partial charge in [0.2, 0.25) is 13.3 Å². The third-order valence-electron chi connectivity index (χ3n) is 4.27. The summed E-state index contributed by atoms with van der Waals surface area (Å²) in [6.45, 7) is 3.76. The molecule has 9 heteroatoms. The molecule has 3 aromatic rings. The fraction of sp³-hybridized carbons (Fsp3) is 0.200. The van der Waals surface area contributed by atoms with Gasteiger partial charge in [-0.1, -0.05) is 19.0 Å². The number of amides is 2. The van der Waals surface area contributed by atoms with Crippen molar-refractivity contribution in [3.63, 3.8) is 0 Å². The molecule has 29 heavy (non-hydrogen) atoms. The number of carbonyl (C=O) groups excluding carboxylic acids is 2. The SMILES string of the molecule is C[B]n1ccc(C(=O)NCC(=O)Nc2nc(-c3ccc(C=NC)c(C)c3)cs2)c1. The van der Waals surface area contributed by atoms with Gasteiger partial charge in [-0.2, -0.15) is 0 Å². The van der Waals surface area contributed by atoms with Gasteiger partial charge in [-0.3, -0.25) is 14.6 Å². The van der Waals surface area contributed by atoms with Crippen LogP contribution in [0.1, 0.15) is 21.5 Å². The van der Waals surface area contributed by atoms with Crippen LogP contribution in [-0.4, -0.2) is 48.5 Å². The molecule has 2 N–H and O–H groups in total. The maximum atomic E-state index is 12.1. The average molecular weight is 406 g/mol. The van der Waals surface area contributed by atoms with Crippen molar-refractivity contribution >= 4 is 41.9 Å². The second-order valence-electron chi connectivity index (χ2n) is 6.33. The number of nitrogens with zero attached hydrogens (tertiary/aromatic N) is 3. The lowest BCUT2D eigenvalue weighted by atomic mass is 10.0. The van der Waals surface area contributed by atoms with E-state index in [0.29, 0.717) is 10.7 Å². The molecule has 7 nitrogen and oxygen atoms in total. The van der Waals surface area contributed by atoms with Crippen molar-refractivity contribution in [1.29, 1.82) is 0 Å². The first-order chi connectivity index (χ1) is 14.0. The normalized spacial score (nSPS) is 10.9. The minimum absolute atomic E-state index is 0.126. The van der Waals surface area contributed by atoms with Crippen LogP contribution in [0.5, 0.6) is 0 Å². The summed E-state index contributed by atoms with van der Waals surface area (Å²) in [5.74, 6) is -0.627. The zero-order valence-electron chi connectivity index (χ0n) is 16.5. The van der Waals surface area contributed by atoms with Crippen LogP contribution in [0.4, 0.5) is 5.13 Å². The molecule has 0 bridgehead atoms. The summed E-state index contributed by atoms with van der Waals surface area (Å²) in [6, 6.07) is 7.71. The van der Waals surface area contributed by atoms with E-state index in [1.165, 1.54) is 11.3 Å². The number of aryl methyl sites for hydroxylation is 1. The van der Waals surface area contributed by atoms with Gasteiger partial charge in [0.25, 0.3) is 5.91 Å². The van der Waals surface area contributed by atoms with Gasteiger partial charge in [-0.25, -0.2) is 4.98 Å². The summed E-state index contributed by atoms with van der Waals surface area (Å²) in [4.78, 5) is 32.7. The Bertz CT molecular complexity index is 1060. The molecule has 0 aliphatic rings. The lowest BCUT2D eigenvalue weighted by molar-refractivity contribution is -0.115. The van der Waals surface area contributed by atoms with E-state index >= 15 is 0 Å². The number of thiazole rings is 1. The van der Waals surface area contributed by atoms with Crippen LogP contribution in [0.2, 0.25) is 6.82 Å². The molecule has 0 spiro atoms. The van der Waals surface area contributed by atoms with E-state index in [-0.39, 0.29) is 18.4 Å². The Morgan fingerprint density at radius 3 is 2.86 bits per heavy atom. The number of nitrogens with one attached hydrogen (secondary N) is 2. The number of rotatable bonds is 7. The lowest BCUT2D eigenvalue weighted by Crippen LogP contribution is -2.32. The Labute approximate surface area is 174 Å². The lowest BCUT2D eigenvalue weighted by Gasteiger charge is -2.04. The van der Waals surface area contributed by atoms with Gasteiger partial charge in [0, 0.05) is 30.4 Å². The van der Waals surface area contributed by atoms with E-state index < -0.39 is 0 Å². The number of hydrogen-bond acceptors (Lipinski definition) is 5. The zero-order valence-corrected chi connectivity index (χ0v) is 17.3. The third kappa shape index (κ3) is 5.20. The van der Waals surface area contributed by atoms with Crippen LogP contribution < -0.4 is 10.6 Å². The molecule has 3 rings (SSSR count). The minimum atomic E-state index is -0.327. The van der Waals surface area contributed by atoms with Gasteiger partial charge in [0.15, 0.2) is 5.13 Å². The van der Waals surface area contributed by atoms with Crippen molar-refractivity contribution in [1.82, 2.24) is 14.8 Å². The Morgan fingerprint density at radius 2 is 2.17 bits per heavy atom. The van der Waals surface area contributed by atoms with Crippen LogP contribution in [-0.2, 0) is 4.79 Å². The van der Waals surface area contributed by atoms with E-state index in [0.717, 1.165) is 22.4 Å². The summed E-state index contributed by atoms with van der Waals surface area (Å²) in [6.07, 6.45) is 5.28. The largest absolute Gasteiger partial charge is 0.402 e. The maximum Gasteiger partial charge on any atom is 0.253 e. The minimum Gasteiger partial charge on any atom is -0.402 e. The molecule has 2 amide bonds. The van der Waals surface area contributed by atoms with Crippen LogP contribution in [0.25, 0.3) is 11.3 Å². The molecule has 0 fully saturated rings. The predicted octanol–water partition coefficient (Wildman–Crippen LogP) is 2.85. The highest BCUT2D eigenvalue weighted by Crippen LogP contribution is 2.26. The fourth-order valence-electron chi connectivity index (χ4n) is 2.72. The Kier molecular flexibility index (Phi) is 6.61. The van der Waals surface area contributed by atoms with Gasteiger partial charge < -0.3 is 15.1 Å².